The van der Waals surface area contributed by atoms with Gasteiger partial charge in [-0.1, -0.05) is 45.7 Å². The standard InChI is InChI=1S/C13H10BrClFNO2S/c14-10-5-6-13(12(16)7-10)20(18,19)17-8-9-3-1-2-4-11(9)15/h1-7,17H,8H2. The fourth-order valence-corrected chi connectivity index (χ4v) is 3.18. The fourth-order valence-electron chi connectivity index (χ4n) is 1.59. The highest BCUT2D eigenvalue weighted by molar-refractivity contribution is 9.10. The summed E-state index contributed by atoms with van der Waals surface area (Å²) in [5.41, 5.74) is 0.621. The zero-order chi connectivity index (χ0) is 14.8. The minimum absolute atomic E-state index is 0.00247. The molecule has 2 aromatic carbocycles. The molecule has 0 aromatic heterocycles. The second kappa shape index (κ2) is 6.22. The van der Waals surface area contributed by atoms with Crippen LogP contribution in [0.3, 0.4) is 0 Å². The average molecular weight is 379 g/mol. The van der Waals surface area contributed by atoms with E-state index in [0.717, 1.165) is 6.07 Å². The van der Waals surface area contributed by atoms with Gasteiger partial charge in [0.25, 0.3) is 0 Å². The first-order valence-corrected chi connectivity index (χ1v) is 8.24. The summed E-state index contributed by atoms with van der Waals surface area (Å²) in [5.74, 6) is -0.814. The second-order valence-electron chi connectivity index (χ2n) is 3.99. The van der Waals surface area contributed by atoms with Gasteiger partial charge in [0.2, 0.25) is 10.0 Å². The number of benzene rings is 2. The van der Waals surface area contributed by atoms with Gasteiger partial charge in [0.15, 0.2) is 0 Å². The van der Waals surface area contributed by atoms with Crippen molar-refractivity contribution >= 4 is 37.6 Å². The predicted octanol–water partition coefficient (Wildman–Crippen LogP) is 3.72. The summed E-state index contributed by atoms with van der Waals surface area (Å²) < 4.78 is 40.6. The molecule has 0 aliphatic rings. The number of hydrogen-bond donors (Lipinski definition) is 1. The van der Waals surface area contributed by atoms with E-state index in [2.05, 4.69) is 20.7 Å². The molecular weight excluding hydrogens is 369 g/mol. The summed E-state index contributed by atoms with van der Waals surface area (Å²) in [5, 5.41) is 0.450. The van der Waals surface area contributed by atoms with E-state index in [1.54, 1.807) is 24.3 Å². The minimum Gasteiger partial charge on any atom is -0.207 e. The van der Waals surface area contributed by atoms with E-state index in [1.165, 1.54) is 12.1 Å². The van der Waals surface area contributed by atoms with Crippen molar-refractivity contribution in [2.24, 2.45) is 0 Å². The van der Waals surface area contributed by atoms with Gasteiger partial charge in [-0.3, -0.25) is 0 Å². The van der Waals surface area contributed by atoms with Crippen LogP contribution in [-0.2, 0) is 16.6 Å². The van der Waals surface area contributed by atoms with Crippen molar-refractivity contribution in [3.63, 3.8) is 0 Å². The van der Waals surface area contributed by atoms with E-state index >= 15 is 0 Å². The fraction of sp³-hybridized carbons (Fsp3) is 0.0769. The van der Waals surface area contributed by atoms with Crippen LogP contribution in [0.1, 0.15) is 5.56 Å². The molecule has 1 N–H and O–H groups in total. The van der Waals surface area contributed by atoms with Gasteiger partial charge in [0.1, 0.15) is 10.7 Å². The van der Waals surface area contributed by atoms with Crippen LogP contribution >= 0.6 is 27.5 Å². The molecule has 7 heteroatoms. The van der Waals surface area contributed by atoms with E-state index in [-0.39, 0.29) is 6.54 Å². The summed E-state index contributed by atoms with van der Waals surface area (Å²) in [4.78, 5) is -0.396. The van der Waals surface area contributed by atoms with E-state index in [1.807, 2.05) is 0 Å². The van der Waals surface area contributed by atoms with Crippen molar-refractivity contribution in [1.29, 1.82) is 0 Å². The highest BCUT2D eigenvalue weighted by Gasteiger charge is 2.19. The Morgan fingerprint density at radius 2 is 1.90 bits per heavy atom. The molecule has 0 heterocycles. The molecule has 3 nitrogen and oxygen atoms in total. The zero-order valence-corrected chi connectivity index (χ0v) is 13.3. The molecule has 0 saturated heterocycles. The lowest BCUT2D eigenvalue weighted by atomic mass is 10.2. The first-order valence-electron chi connectivity index (χ1n) is 5.58. The van der Waals surface area contributed by atoms with Crippen molar-refractivity contribution in [2.75, 3.05) is 0 Å². The molecule has 0 saturated carbocycles. The topological polar surface area (TPSA) is 46.2 Å². The summed E-state index contributed by atoms with van der Waals surface area (Å²) in [6.07, 6.45) is 0. The van der Waals surface area contributed by atoms with Crippen LogP contribution in [0.4, 0.5) is 4.39 Å². The maximum atomic E-state index is 13.7. The summed E-state index contributed by atoms with van der Waals surface area (Å²) >= 11 is 9.01. The molecule has 0 amide bonds. The number of hydrogen-bond acceptors (Lipinski definition) is 2. The van der Waals surface area contributed by atoms with Gasteiger partial charge in [-0.05, 0) is 29.8 Å². The highest BCUT2D eigenvalue weighted by Crippen LogP contribution is 2.20. The van der Waals surface area contributed by atoms with Gasteiger partial charge in [0.05, 0.1) is 0 Å². The SMILES string of the molecule is O=S(=O)(NCc1ccccc1Cl)c1ccc(Br)cc1F. The van der Waals surface area contributed by atoms with Crippen molar-refractivity contribution < 1.29 is 12.8 Å². The molecule has 20 heavy (non-hydrogen) atoms. The number of nitrogens with one attached hydrogen (secondary N) is 1. The minimum atomic E-state index is -3.93. The normalized spacial score (nSPS) is 11.6. The lowest BCUT2D eigenvalue weighted by Crippen LogP contribution is -2.24. The molecule has 2 aromatic rings. The maximum absolute atomic E-state index is 13.7. The van der Waals surface area contributed by atoms with Gasteiger partial charge in [0, 0.05) is 16.0 Å². The van der Waals surface area contributed by atoms with Crippen LogP contribution in [0, 0.1) is 5.82 Å². The molecule has 0 fully saturated rings. The van der Waals surface area contributed by atoms with Gasteiger partial charge in [-0.2, -0.15) is 0 Å². The quantitative estimate of drug-likeness (QED) is 0.881. The van der Waals surface area contributed by atoms with Gasteiger partial charge in [-0.15, -0.1) is 0 Å². The van der Waals surface area contributed by atoms with E-state index < -0.39 is 20.7 Å². The Bertz CT molecular complexity index is 737. The lowest BCUT2D eigenvalue weighted by molar-refractivity contribution is 0.556. The van der Waals surface area contributed by atoms with Crippen molar-refractivity contribution in [2.45, 2.75) is 11.4 Å². The third kappa shape index (κ3) is 3.58. The van der Waals surface area contributed by atoms with Crippen molar-refractivity contribution in [3.05, 3.63) is 63.3 Å². The summed E-state index contributed by atoms with van der Waals surface area (Å²) in [6, 6.07) is 10.6. The molecule has 0 aliphatic carbocycles. The molecule has 0 unspecified atom stereocenters. The van der Waals surface area contributed by atoms with Gasteiger partial charge in [-0.25, -0.2) is 17.5 Å². The molecule has 0 bridgehead atoms. The smallest absolute Gasteiger partial charge is 0.207 e. The summed E-state index contributed by atoms with van der Waals surface area (Å²) in [7, 11) is -3.93. The monoisotopic (exact) mass is 377 g/mol. The lowest BCUT2D eigenvalue weighted by Gasteiger charge is -2.09. The third-order valence-electron chi connectivity index (χ3n) is 2.59. The third-order valence-corrected chi connectivity index (χ3v) is 4.89. The van der Waals surface area contributed by atoms with Crippen LogP contribution in [0.5, 0.6) is 0 Å². The molecule has 0 aliphatic heterocycles. The first kappa shape index (κ1) is 15.4. The van der Waals surface area contributed by atoms with Crippen LogP contribution < -0.4 is 4.72 Å². The number of halogens is 3. The Hall–Kier alpha value is -0.950. The molecule has 0 spiro atoms. The van der Waals surface area contributed by atoms with E-state index in [4.69, 9.17) is 11.6 Å². The molecular formula is C13H10BrClFNO2S. The molecule has 106 valence electrons. The predicted molar refractivity (Wildman–Crippen MR) is 79.6 cm³/mol. The molecule has 2 rings (SSSR count). The van der Waals surface area contributed by atoms with Crippen LogP contribution in [0.15, 0.2) is 51.8 Å². The largest absolute Gasteiger partial charge is 0.243 e. The van der Waals surface area contributed by atoms with Gasteiger partial charge >= 0.3 is 0 Å². The highest BCUT2D eigenvalue weighted by atomic mass is 79.9. The Kier molecular flexibility index (Phi) is 4.80. The maximum Gasteiger partial charge on any atom is 0.243 e. The molecule has 0 radical (unpaired) electrons. The Balaban J connectivity index is 2.22. The van der Waals surface area contributed by atoms with Crippen molar-refractivity contribution in [3.8, 4) is 0 Å². The number of sulfonamides is 1. The Labute approximate surface area is 130 Å². The van der Waals surface area contributed by atoms with E-state index in [9.17, 15) is 12.8 Å². The Morgan fingerprint density at radius 3 is 2.55 bits per heavy atom. The summed E-state index contributed by atoms with van der Waals surface area (Å²) in [6.45, 7) is -0.00247. The van der Waals surface area contributed by atoms with Crippen LogP contribution in [0.2, 0.25) is 5.02 Å². The first-order chi connectivity index (χ1) is 9.40. The van der Waals surface area contributed by atoms with E-state index in [0.29, 0.717) is 15.1 Å². The molecule has 0 atom stereocenters. The Morgan fingerprint density at radius 1 is 1.20 bits per heavy atom. The van der Waals surface area contributed by atoms with Gasteiger partial charge < -0.3 is 0 Å². The second-order valence-corrected chi connectivity index (χ2v) is 7.05. The van der Waals surface area contributed by atoms with Crippen molar-refractivity contribution in [1.82, 2.24) is 4.72 Å². The zero-order valence-electron chi connectivity index (χ0n) is 10.1. The van der Waals surface area contributed by atoms with Crippen LogP contribution in [0.25, 0.3) is 0 Å². The average Bonchev–Trinajstić information content (AvgIpc) is 2.37. The number of rotatable bonds is 4. The van der Waals surface area contributed by atoms with Crippen LogP contribution in [-0.4, -0.2) is 8.42 Å².